The highest BCUT2D eigenvalue weighted by molar-refractivity contribution is 5.79. The van der Waals surface area contributed by atoms with Crippen molar-refractivity contribution in [2.45, 2.75) is 30.8 Å². The maximum Gasteiger partial charge on any atom is 0.409 e. The molecule has 0 spiro atoms. The third-order valence-corrected chi connectivity index (χ3v) is 5.63. The molecule has 1 aliphatic carbocycles. The first kappa shape index (κ1) is 17.9. The van der Waals surface area contributed by atoms with E-state index in [2.05, 4.69) is 12.1 Å². The van der Waals surface area contributed by atoms with Crippen molar-refractivity contribution in [2.24, 2.45) is 0 Å². The van der Waals surface area contributed by atoms with Crippen LogP contribution in [0.1, 0.15) is 29.9 Å². The van der Waals surface area contributed by atoms with Crippen LogP contribution in [0.15, 0.2) is 48.5 Å². The van der Waals surface area contributed by atoms with Crippen LogP contribution in [0.2, 0.25) is 0 Å². The van der Waals surface area contributed by atoms with Gasteiger partial charge in [0.05, 0.1) is 0 Å². The van der Waals surface area contributed by atoms with Gasteiger partial charge in [-0.15, -0.1) is 0 Å². The monoisotopic (exact) mass is 373 g/mol. The van der Waals surface area contributed by atoms with Crippen LogP contribution in [0.5, 0.6) is 0 Å². The summed E-state index contributed by atoms with van der Waals surface area (Å²) in [6, 6.07) is 16.1. The second-order valence-corrected chi connectivity index (χ2v) is 7.20. The Morgan fingerprint density at radius 2 is 1.59 bits per heavy atom. The van der Waals surface area contributed by atoms with E-state index >= 15 is 0 Å². The van der Waals surface area contributed by atoms with Crippen LogP contribution in [-0.2, 0) is 4.74 Å². The number of ether oxygens (including phenoxy) is 1. The molecule has 4 nitrogen and oxygen atoms in total. The van der Waals surface area contributed by atoms with Crippen molar-refractivity contribution >= 4 is 6.09 Å². The quantitative estimate of drug-likeness (QED) is 0.884. The van der Waals surface area contributed by atoms with Crippen molar-refractivity contribution in [3.63, 3.8) is 0 Å². The predicted octanol–water partition coefficient (Wildman–Crippen LogP) is 4.03. The van der Waals surface area contributed by atoms with Crippen LogP contribution < -0.4 is 0 Å². The lowest BCUT2D eigenvalue weighted by Crippen LogP contribution is -2.50. The molecule has 27 heavy (non-hydrogen) atoms. The normalized spacial score (nSPS) is 18.3. The molecule has 0 saturated carbocycles. The van der Waals surface area contributed by atoms with Crippen molar-refractivity contribution in [1.29, 1.82) is 0 Å². The Morgan fingerprint density at radius 1 is 1.07 bits per heavy atom. The minimum absolute atomic E-state index is 0.0378. The molecule has 1 amide bonds. The molecule has 0 aromatic heterocycles. The van der Waals surface area contributed by atoms with Crippen LogP contribution in [0.25, 0.3) is 11.1 Å². The number of halogens is 2. The summed E-state index contributed by atoms with van der Waals surface area (Å²) in [5.74, 6) is -0.0378. The van der Waals surface area contributed by atoms with E-state index in [4.69, 9.17) is 4.74 Å². The van der Waals surface area contributed by atoms with Crippen LogP contribution >= 0.6 is 0 Å². The first-order valence-electron chi connectivity index (χ1n) is 9.10. The van der Waals surface area contributed by atoms with Gasteiger partial charge < -0.3 is 14.7 Å². The van der Waals surface area contributed by atoms with Gasteiger partial charge in [-0.3, -0.25) is 0 Å². The van der Waals surface area contributed by atoms with Crippen molar-refractivity contribution in [3.05, 3.63) is 59.7 Å². The number of carbonyl (C=O) groups excluding carboxylic acids is 1. The first-order chi connectivity index (χ1) is 13.0. The van der Waals surface area contributed by atoms with Crippen molar-refractivity contribution in [2.75, 3.05) is 19.7 Å². The van der Waals surface area contributed by atoms with Crippen LogP contribution in [0, 0.1) is 0 Å². The highest BCUT2D eigenvalue weighted by Crippen LogP contribution is 2.44. The van der Waals surface area contributed by atoms with E-state index < -0.39 is 18.1 Å². The van der Waals surface area contributed by atoms with Gasteiger partial charge in [-0.2, -0.15) is 0 Å². The number of carbonyl (C=O) groups is 1. The van der Waals surface area contributed by atoms with Gasteiger partial charge in [0.15, 0.2) is 0 Å². The molecule has 2 aromatic carbocycles. The molecular formula is C21H21F2NO3. The zero-order chi connectivity index (χ0) is 19.0. The fourth-order valence-corrected chi connectivity index (χ4v) is 3.98. The zero-order valence-corrected chi connectivity index (χ0v) is 14.8. The van der Waals surface area contributed by atoms with Gasteiger partial charge in [0.25, 0.3) is 6.43 Å². The van der Waals surface area contributed by atoms with E-state index in [1.54, 1.807) is 0 Å². The van der Waals surface area contributed by atoms with E-state index in [1.807, 2.05) is 36.4 Å². The van der Waals surface area contributed by atoms with E-state index in [-0.39, 0.29) is 38.5 Å². The fourth-order valence-electron chi connectivity index (χ4n) is 3.98. The summed E-state index contributed by atoms with van der Waals surface area (Å²) in [6.45, 7) is 0.331. The lowest BCUT2D eigenvalue weighted by Gasteiger charge is -2.37. The van der Waals surface area contributed by atoms with Crippen LogP contribution in [-0.4, -0.2) is 47.8 Å². The van der Waals surface area contributed by atoms with Gasteiger partial charge in [0.1, 0.15) is 12.2 Å². The molecule has 142 valence electrons. The second-order valence-electron chi connectivity index (χ2n) is 7.20. The Balaban J connectivity index is 1.43. The molecule has 2 aliphatic rings. The van der Waals surface area contributed by atoms with Gasteiger partial charge >= 0.3 is 6.09 Å². The number of rotatable bonds is 3. The number of hydrogen-bond acceptors (Lipinski definition) is 3. The topological polar surface area (TPSA) is 49.8 Å². The number of benzene rings is 2. The zero-order valence-electron chi connectivity index (χ0n) is 14.8. The van der Waals surface area contributed by atoms with E-state index in [0.29, 0.717) is 0 Å². The number of piperidine rings is 1. The van der Waals surface area contributed by atoms with Gasteiger partial charge in [-0.25, -0.2) is 13.6 Å². The Bertz CT molecular complexity index is 801. The summed E-state index contributed by atoms with van der Waals surface area (Å²) in [6.07, 6.45) is -3.61. The molecule has 0 bridgehead atoms. The number of hydrogen-bond donors (Lipinski definition) is 1. The minimum atomic E-state index is -2.80. The fraction of sp³-hybridized carbons (Fsp3) is 0.381. The SMILES string of the molecule is O=C(OCC1c2ccccc2-c2ccccc21)N1CCC(O)(C(F)F)CC1. The average Bonchev–Trinajstić information content (AvgIpc) is 3.00. The third-order valence-electron chi connectivity index (χ3n) is 5.63. The molecule has 6 heteroatoms. The third kappa shape index (κ3) is 3.18. The van der Waals surface area contributed by atoms with Gasteiger partial charge in [0, 0.05) is 19.0 Å². The van der Waals surface area contributed by atoms with Gasteiger partial charge in [-0.05, 0) is 35.1 Å². The Kier molecular flexibility index (Phi) is 4.60. The summed E-state index contributed by atoms with van der Waals surface area (Å²) in [5, 5.41) is 9.84. The number of nitrogens with zero attached hydrogens (tertiary/aromatic N) is 1. The maximum atomic E-state index is 12.9. The van der Waals surface area contributed by atoms with Gasteiger partial charge in [-0.1, -0.05) is 48.5 Å². The summed E-state index contributed by atoms with van der Waals surface area (Å²) in [5.41, 5.74) is 2.54. The summed E-state index contributed by atoms with van der Waals surface area (Å²) >= 11 is 0. The van der Waals surface area contributed by atoms with E-state index in [1.165, 1.54) is 4.90 Å². The van der Waals surface area contributed by atoms with Crippen molar-refractivity contribution < 1.29 is 23.4 Å². The van der Waals surface area contributed by atoms with E-state index in [9.17, 15) is 18.7 Å². The number of amides is 1. The Morgan fingerprint density at radius 3 is 2.11 bits per heavy atom. The summed E-state index contributed by atoms with van der Waals surface area (Å²) < 4.78 is 31.3. The second kappa shape index (κ2) is 6.93. The smallest absolute Gasteiger partial charge is 0.409 e. The van der Waals surface area contributed by atoms with Crippen LogP contribution in [0.3, 0.4) is 0 Å². The number of aliphatic hydroxyl groups is 1. The lowest BCUT2D eigenvalue weighted by molar-refractivity contribution is -0.124. The number of alkyl halides is 2. The molecule has 1 saturated heterocycles. The predicted molar refractivity (Wildman–Crippen MR) is 96.8 cm³/mol. The molecule has 0 atom stereocenters. The molecule has 1 aliphatic heterocycles. The molecular weight excluding hydrogens is 352 g/mol. The Hall–Kier alpha value is -2.47. The van der Waals surface area contributed by atoms with E-state index in [0.717, 1.165) is 22.3 Å². The summed E-state index contributed by atoms with van der Waals surface area (Å²) in [4.78, 5) is 13.8. The number of fused-ring (bicyclic) bond motifs is 3. The van der Waals surface area contributed by atoms with Crippen LogP contribution in [0.4, 0.5) is 13.6 Å². The minimum Gasteiger partial charge on any atom is -0.448 e. The highest BCUT2D eigenvalue weighted by atomic mass is 19.3. The molecule has 2 aromatic rings. The maximum absolute atomic E-state index is 12.9. The molecule has 0 unspecified atom stereocenters. The Labute approximate surface area is 156 Å². The molecule has 1 heterocycles. The average molecular weight is 373 g/mol. The molecule has 1 fully saturated rings. The molecule has 0 radical (unpaired) electrons. The summed E-state index contributed by atoms with van der Waals surface area (Å²) in [7, 11) is 0. The number of likely N-dealkylation sites (tertiary alicyclic amines) is 1. The molecule has 4 rings (SSSR count). The largest absolute Gasteiger partial charge is 0.448 e. The standard InChI is InChI=1S/C21H21F2NO3/c22-19(23)21(26)9-11-24(12-10-21)20(25)27-13-18-16-7-3-1-5-14(16)15-6-2-4-8-17(15)18/h1-8,18-19,26H,9-13H2. The highest BCUT2D eigenvalue weighted by Gasteiger charge is 2.42. The van der Waals surface area contributed by atoms with Crippen molar-refractivity contribution in [3.8, 4) is 11.1 Å². The molecule has 1 N–H and O–H groups in total. The van der Waals surface area contributed by atoms with Crippen molar-refractivity contribution in [1.82, 2.24) is 4.90 Å². The lowest BCUT2D eigenvalue weighted by atomic mass is 9.92. The van der Waals surface area contributed by atoms with Gasteiger partial charge in [0.2, 0.25) is 0 Å². The first-order valence-corrected chi connectivity index (χ1v) is 9.10.